The van der Waals surface area contributed by atoms with Crippen molar-refractivity contribution in [1.29, 1.82) is 0 Å². The summed E-state index contributed by atoms with van der Waals surface area (Å²) in [4.78, 5) is 56.1. The molecule has 260 valence electrons. The van der Waals surface area contributed by atoms with E-state index in [9.17, 15) is 24.3 Å². The Morgan fingerprint density at radius 1 is 1.15 bits per heavy atom. The van der Waals surface area contributed by atoms with Crippen molar-refractivity contribution in [2.75, 3.05) is 13.2 Å². The van der Waals surface area contributed by atoms with Crippen LogP contribution in [0.25, 0.3) is 11.4 Å². The number of amides is 3. The number of benzene rings is 1. The number of aromatic nitrogens is 4. The molecule has 2 aromatic rings. The summed E-state index contributed by atoms with van der Waals surface area (Å²) >= 11 is 0. The Morgan fingerprint density at radius 2 is 1.92 bits per heavy atom. The van der Waals surface area contributed by atoms with Crippen LogP contribution in [-0.2, 0) is 19.1 Å². The molecule has 48 heavy (non-hydrogen) atoms. The Labute approximate surface area is 280 Å². The number of nitrogens with one attached hydrogen (secondary N) is 2. The summed E-state index contributed by atoms with van der Waals surface area (Å²) in [6, 6.07) is 4.88. The van der Waals surface area contributed by atoms with Gasteiger partial charge in [0.2, 0.25) is 17.6 Å². The third kappa shape index (κ3) is 8.32. The highest BCUT2D eigenvalue weighted by Gasteiger charge is 2.61. The molecule has 1 aliphatic carbocycles. The maximum Gasteiger partial charge on any atom is 0.408 e. The van der Waals surface area contributed by atoms with Gasteiger partial charge in [0.1, 0.15) is 29.0 Å². The predicted molar refractivity (Wildman–Crippen MR) is 175 cm³/mol. The lowest BCUT2D eigenvalue weighted by Crippen LogP contribution is -2.56. The van der Waals surface area contributed by atoms with Crippen molar-refractivity contribution in [2.24, 2.45) is 5.92 Å². The van der Waals surface area contributed by atoms with E-state index in [4.69, 9.17) is 9.47 Å². The predicted octanol–water partition coefficient (Wildman–Crippen LogP) is 4.03. The van der Waals surface area contributed by atoms with Gasteiger partial charge in [0.25, 0.3) is 0 Å². The van der Waals surface area contributed by atoms with Gasteiger partial charge in [-0.2, -0.15) is 4.80 Å². The van der Waals surface area contributed by atoms with Crippen LogP contribution in [0.2, 0.25) is 0 Å². The highest BCUT2D eigenvalue weighted by atomic mass is 16.6. The van der Waals surface area contributed by atoms with Crippen molar-refractivity contribution in [1.82, 2.24) is 35.7 Å². The number of hydrogen-bond donors (Lipinski definition) is 3. The fraction of sp³-hybridized carbons (Fsp3) is 0.618. The number of hydrogen-bond acceptors (Lipinski definition) is 9. The Kier molecular flexibility index (Phi) is 10.7. The Morgan fingerprint density at radius 3 is 2.62 bits per heavy atom. The van der Waals surface area contributed by atoms with E-state index >= 15 is 0 Å². The zero-order chi connectivity index (χ0) is 34.5. The van der Waals surface area contributed by atoms with Crippen molar-refractivity contribution in [3.05, 3.63) is 36.4 Å². The monoisotopic (exact) mass is 665 g/mol. The lowest BCUT2D eigenvalue weighted by atomic mass is 10.0. The van der Waals surface area contributed by atoms with Gasteiger partial charge in [0, 0.05) is 24.4 Å². The summed E-state index contributed by atoms with van der Waals surface area (Å²) in [6.07, 6.45) is 8.91. The molecule has 1 saturated carbocycles. The van der Waals surface area contributed by atoms with E-state index in [0.717, 1.165) is 43.4 Å². The van der Waals surface area contributed by atoms with Gasteiger partial charge < -0.3 is 30.1 Å². The number of alkyl carbamates (subject to hydrolysis) is 1. The zero-order valence-electron chi connectivity index (χ0n) is 28.2. The number of carbonyl (C=O) groups is 4. The number of aliphatic carboxylic acids is 1. The number of carboxylic acids is 1. The topological polar surface area (TPSA) is 178 Å². The molecule has 3 aliphatic rings. The third-order valence-electron chi connectivity index (χ3n) is 8.96. The molecule has 5 rings (SSSR count). The van der Waals surface area contributed by atoms with Gasteiger partial charge in [0.05, 0.1) is 12.6 Å². The second kappa shape index (κ2) is 14.7. The van der Waals surface area contributed by atoms with Crippen LogP contribution < -0.4 is 15.4 Å². The molecule has 3 amide bonds. The third-order valence-corrected chi connectivity index (χ3v) is 8.96. The first kappa shape index (κ1) is 34.8. The van der Waals surface area contributed by atoms with Gasteiger partial charge in [0.15, 0.2) is 0 Å². The number of nitrogens with zero attached hydrogens (tertiary/aromatic N) is 5. The average Bonchev–Trinajstić information content (AvgIpc) is 3.34. The largest absolute Gasteiger partial charge is 0.494 e. The number of ether oxygens (including phenoxy) is 2. The smallest absolute Gasteiger partial charge is 0.408 e. The number of carboxylic acid groups (broad SMARTS) is 1. The summed E-state index contributed by atoms with van der Waals surface area (Å²) in [5.74, 6) is -1.36. The quantitative estimate of drug-likeness (QED) is 0.275. The van der Waals surface area contributed by atoms with Crippen molar-refractivity contribution in [2.45, 2.75) is 115 Å². The minimum absolute atomic E-state index is 0.0623. The second-order valence-electron chi connectivity index (χ2n) is 13.9. The summed E-state index contributed by atoms with van der Waals surface area (Å²) in [5.41, 5.74) is -1.48. The van der Waals surface area contributed by atoms with E-state index in [-0.39, 0.29) is 25.3 Å². The molecule has 0 spiro atoms. The van der Waals surface area contributed by atoms with Gasteiger partial charge >= 0.3 is 12.1 Å². The van der Waals surface area contributed by atoms with Crippen molar-refractivity contribution in [3.8, 4) is 17.1 Å². The van der Waals surface area contributed by atoms with Crippen LogP contribution in [0.3, 0.4) is 0 Å². The Balaban J connectivity index is 1.40. The van der Waals surface area contributed by atoms with Gasteiger partial charge in [-0.15, -0.1) is 10.2 Å². The van der Waals surface area contributed by atoms with Crippen LogP contribution in [0.4, 0.5) is 4.79 Å². The van der Waals surface area contributed by atoms with Crippen molar-refractivity contribution in [3.63, 3.8) is 0 Å². The minimum Gasteiger partial charge on any atom is -0.494 e. The Bertz CT molecular complexity index is 1500. The van der Waals surface area contributed by atoms with E-state index in [0.29, 0.717) is 25.3 Å². The Hall–Kier alpha value is -4.49. The fourth-order valence-electron chi connectivity index (χ4n) is 6.22. The van der Waals surface area contributed by atoms with Gasteiger partial charge in [-0.1, -0.05) is 38.3 Å². The lowest BCUT2D eigenvalue weighted by Gasteiger charge is -2.30. The standard InChI is InChI=1S/C34H47N7O7/c1-5-6-18-47-25-16-14-22(15-17-25)28-37-39-41(38-28)24-19-27-29(42)36-34(31(44)45)20-23(34)12-10-8-7-9-11-13-26(30(43)40(27)21-24)35-32(46)48-33(2,3)4/h10,12,14-17,23-24,26-27H,5-9,11,13,18-21H2,1-4H3,(H,35,46)(H,36,42)(H,44,45)/b12-10-/t23-,24-,26+,27+,34-/m1/s1. The fourth-order valence-corrected chi connectivity index (χ4v) is 6.22. The number of rotatable bonds is 8. The normalized spacial score (nSPS) is 27.0. The lowest BCUT2D eigenvalue weighted by molar-refractivity contribution is -0.145. The second-order valence-corrected chi connectivity index (χ2v) is 13.9. The van der Waals surface area contributed by atoms with Crippen LogP contribution in [0.5, 0.6) is 5.75 Å². The van der Waals surface area contributed by atoms with Gasteiger partial charge in [-0.3, -0.25) is 9.59 Å². The zero-order valence-corrected chi connectivity index (χ0v) is 28.2. The summed E-state index contributed by atoms with van der Waals surface area (Å²) in [6.45, 7) is 8.01. The number of carbonyl (C=O) groups excluding carboxylic acids is 3. The molecule has 5 atom stereocenters. The van der Waals surface area contributed by atoms with Crippen LogP contribution in [0, 0.1) is 5.92 Å². The number of unbranched alkanes of at least 4 members (excludes halogenated alkanes) is 1. The number of tetrazole rings is 1. The van der Waals surface area contributed by atoms with E-state index in [2.05, 4.69) is 33.0 Å². The van der Waals surface area contributed by atoms with E-state index in [1.165, 1.54) is 9.70 Å². The molecule has 3 N–H and O–H groups in total. The molecular formula is C34H47N7O7. The highest BCUT2D eigenvalue weighted by molar-refractivity contribution is 5.96. The minimum atomic E-state index is -1.43. The van der Waals surface area contributed by atoms with E-state index in [1.54, 1.807) is 20.8 Å². The molecule has 0 bridgehead atoms. The first-order valence-corrected chi connectivity index (χ1v) is 16.9. The number of allylic oxidation sites excluding steroid dienone is 1. The van der Waals surface area contributed by atoms with Crippen LogP contribution in [0.15, 0.2) is 36.4 Å². The van der Waals surface area contributed by atoms with Crippen LogP contribution in [0.1, 0.15) is 91.5 Å². The molecule has 1 saturated heterocycles. The van der Waals surface area contributed by atoms with Gasteiger partial charge in [-0.25, -0.2) is 9.59 Å². The van der Waals surface area contributed by atoms with E-state index in [1.807, 2.05) is 36.4 Å². The first-order chi connectivity index (χ1) is 22.9. The molecule has 1 aromatic heterocycles. The summed E-state index contributed by atoms with van der Waals surface area (Å²) in [7, 11) is 0. The van der Waals surface area contributed by atoms with Crippen molar-refractivity contribution >= 4 is 23.9 Å². The summed E-state index contributed by atoms with van der Waals surface area (Å²) < 4.78 is 11.2. The molecule has 1 aromatic carbocycles. The molecule has 0 unspecified atom stereocenters. The number of fused-ring (bicyclic) bond motifs is 2. The summed E-state index contributed by atoms with van der Waals surface area (Å²) in [5, 5.41) is 28.7. The maximum absolute atomic E-state index is 14.2. The molecule has 14 heteroatoms. The SMILES string of the molecule is CCCCOc1ccc(-c2nnn([C@@H]3C[C@H]4C(=O)N[C@]5(C(=O)O)C[C@H]5/C=C\CCCCC[C@H](NC(=O)OC(C)(C)C)C(=O)N4C3)n2)cc1. The first-order valence-electron chi connectivity index (χ1n) is 16.9. The molecular weight excluding hydrogens is 618 g/mol. The molecule has 2 fully saturated rings. The highest BCUT2D eigenvalue weighted by Crippen LogP contribution is 2.45. The maximum atomic E-state index is 14.2. The van der Waals surface area contributed by atoms with Gasteiger partial charge in [-0.05, 0) is 82.4 Å². The van der Waals surface area contributed by atoms with Crippen LogP contribution in [-0.4, -0.2) is 90.5 Å². The molecule has 3 heterocycles. The van der Waals surface area contributed by atoms with Crippen molar-refractivity contribution < 1.29 is 33.8 Å². The van der Waals surface area contributed by atoms with E-state index < -0.39 is 53.1 Å². The van der Waals surface area contributed by atoms with Crippen LogP contribution >= 0.6 is 0 Å². The molecule has 2 aliphatic heterocycles. The average molecular weight is 666 g/mol. The molecule has 0 radical (unpaired) electrons. The molecule has 14 nitrogen and oxygen atoms in total.